The molecule has 248 valence electrons. The predicted octanol–water partition coefficient (Wildman–Crippen LogP) is 10.4. The van der Waals surface area contributed by atoms with Gasteiger partial charge in [0.2, 0.25) is 0 Å². The Hall–Kier alpha value is -1.59. The Morgan fingerprint density at radius 2 is 0.619 bits per heavy atom. The van der Waals surface area contributed by atoms with Crippen molar-refractivity contribution >= 4 is 17.9 Å². The highest BCUT2D eigenvalue weighted by atomic mass is 16.6. The van der Waals surface area contributed by atoms with Crippen molar-refractivity contribution in [3.8, 4) is 0 Å². The van der Waals surface area contributed by atoms with Crippen LogP contribution in [0.1, 0.15) is 188 Å². The molecule has 42 heavy (non-hydrogen) atoms. The summed E-state index contributed by atoms with van der Waals surface area (Å²) in [6.07, 6.45) is 25.7. The smallest absolute Gasteiger partial charge is 0.305 e. The molecule has 0 saturated heterocycles. The van der Waals surface area contributed by atoms with Gasteiger partial charge in [0.25, 0.3) is 0 Å². The normalized spacial score (nSPS) is 11.4. The van der Waals surface area contributed by atoms with Crippen LogP contribution in [0, 0.1) is 5.41 Å². The second-order valence-electron chi connectivity index (χ2n) is 12.4. The van der Waals surface area contributed by atoms with Crippen LogP contribution in [0.25, 0.3) is 0 Å². The van der Waals surface area contributed by atoms with E-state index in [1.54, 1.807) is 0 Å². The first kappa shape index (κ1) is 40.4. The van der Waals surface area contributed by atoms with E-state index in [1.165, 1.54) is 77.0 Å². The van der Waals surface area contributed by atoms with E-state index >= 15 is 0 Å². The second kappa shape index (κ2) is 29.5. The SMILES string of the molecule is CCCCCCCCCC(=O)OCC(CC)(COC(=O)CCCCCCCCC)COC(=O)CCCCCCCCC. The van der Waals surface area contributed by atoms with Crippen molar-refractivity contribution in [3.63, 3.8) is 0 Å². The third-order valence-electron chi connectivity index (χ3n) is 8.32. The fourth-order valence-corrected chi connectivity index (χ4v) is 5.03. The van der Waals surface area contributed by atoms with E-state index < -0.39 is 5.41 Å². The Bertz CT molecular complexity index is 563. The van der Waals surface area contributed by atoms with Gasteiger partial charge in [-0.1, -0.05) is 143 Å². The molecule has 0 aliphatic rings. The van der Waals surface area contributed by atoms with Crippen LogP contribution in [0.2, 0.25) is 0 Å². The summed E-state index contributed by atoms with van der Waals surface area (Å²) < 4.78 is 17.0. The van der Waals surface area contributed by atoms with Crippen molar-refractivity contribution in [2.45, 2.75) is 188 Å². The molecule has 0 saturated carbocycles. The van der Waals surface area contributed by atoms with Crippen LogP contribution in [-0.4, -0.2) is 37.7 Å². The average Bonchev–Trinajstić information content (AvgIpc) is 2.99. The average molecular weight is 597 g/mol. The number of unbranched alkanes of at least 4 members (excludes halogenated alkanes) is 18. The minimum Gasteiger partial charge on any atom is -0.465 e. The topological polar surface area (TPSA) is 78.9 Å². The van der Waals surface area contributed by atoms with Crippen LogP contribution in [0.5, 0.6) is 0 Å². The Labute approximate surface area is 259 Å². The number of ether oxygens (including phenoxy) is 3. The molecule has 0 rings (SSSR count). The van der Waals surface area contributed by atoms with Crippen LogP contribution in [0.3, 0.4) is 0 Å². The third kappa shape index (κ3) is 25.0. The van der Waals surface area contributed by atoms with Gasteiger partial charge in [0.15, 0.2) is 0 Å². The Balaban J connectivity index is 4.70. The lowest BCUT2D eigenvalue weighted by Gasteiger charge is -2.31. The van der Waals surface area contributed by atoms with Crippen molar-refractivity contribution < 1.29 is 28.6 Å². The third-order valence-corrected chi connectivity index (χ3v) is 8.32. The zero-order chi connectivity index (χ0) is 31.2. The molecule has 0 atom stereocenters. The molecule has 0 aromatic carbocycles. The molecule has 0 aromatic rings. The Morgan fingerprint density at radius 3 is 0.857 bits per heavy atom. The lowest BCUT2D eigenvalue weighted by molar-refractivity contribution is -0.162. The van der Waals surface area contributed by atoms with Crippen LogP contribution in [0.15, 0.2) is 0 Å². The largest absolute Gasteiger partial charge is 0.465 e. The van der Waals surface area contributed by atoms with Crippen molar-refractivity contribution in [1.29, 1.82) is 0 Å². The summed E-state index contributed by atoms with van der Waals surface area (Å²) in [7, 11) is 0. The molecule has 0 aliphatic carbocycles. The molecule has 0 unspecified atom stereocenters. The molecule has 0 fully saturated rings. The molecule has 0 spiro atoms. The molecule has 0 aliphatic heterocycles. The van der Waals surface area contributed by atoms with E-state index in [2.05, 4.69) is 20.8 Å². The molecule has 0 radical (unpaired) electrons. The van der Waals surface area contributed by atoms with Gasteiger partial charge in [-0.3, -0.25) is 14.4 Å². The minimum atomic E-state index is -0.721. The number of hydrogen-bond acceptors (Lipinski definition) is 6. The van der Waals surface area contributed by atoms with Gasteiger partial charge in [-0.25, -0.2) is 0 Å². The van der Waals surface area contributed by atoms with Gasteiger partial charge in [0.1, 0.15) is 19.8 Å². The lowest BCUT2D eigenvalue weighted by atomic mass is 9.88. The maximum Gasteiger partial charge on any atom is 0.305 e. The number of carbonyl (C=O) groups is 3. The summed E-state index contributed by atoms with van der Waals surface area (Å²) in [6.45, 7) is 8.87. The van der Waals surface area contributed by atoms with Crippen molar-refractivity contribution in [3.05, 3.63) is 0 Å². The molecule has 0 heterocycles. The zero-order valence-electron chi connectivity index (χ0n) is 28.2. The number of carbonyl (C=O) groups excluding carboxylic acids is 3. The van der Waals surface area contributed by atoms with Crippen LogP contribution in [-0.2, 0) is 28.6 Å². The van der Waals surface area contributed by atoms with Gasteiger partial charge < -0.3 is 14.2 Å². The first-order chi connectivity index (χ1) is 20.4. The lowest BCUT2D eigenvalue weighted by Crippen LogP contribution is -2.39. The summed E-state index contributed by atoms with van der Waals surface area (Å²) in [6, 6.07) is 0. The van der Waals surface area contributed by atoms with Crippen LogP contribution < -0.4 is 0 Å². The standard InChI is InChI=1S/C36H68O6/c1-5-9-12-15-18-21-24-27-33(37)40-30-36(8-4,31-41-34(38)28-25-22-19-16-13-10-6-2)32-42-35(39)29-26-23-20-17-14-11-7-3/h5-32H2,1-4H3. The molecule has 0 N–H and O–H groups in total. The molecule has 0 aromatic heterocycles. The second-order valence-corrected chi connectivity index (χ2v) is 12.4. The van der Waals surface area contributed by atoms with E-state index in [-0.39, 0.29) is 37.7 Å². The van der Waals surface area contributed by atoms with Gasteiger partial charge in [0.05, 0.1) is 5.41 Å². The van der Waals surface area contributed by atoms with Crippen molar-refractivity contribution in [2.75, 3.05) is 19.8 Å². The van der Waals surface area contributed by atoms with Crippen molar-refractivity contribution in [1.82, 2.24) is 0 Å². The van der Waals surface area contributed by atoms with Crippen molar-refractivity contribution in [2.24, 2.45) is 5.41 Å². The van der Waals surface area contributed by atoms with Gasteiger partial charge >= 0.3 is 17.9 Å². The van der Waals surface area contributed by atoms with E-state index in [0.717, 1.165) is 57.8 Å². The summed E-state index contributed by atoms with van der Waals surface area (Å²) in [4.78, 5) is 37.6. The van der Waals surface area contributed by atoms with E-state index in [4.69, 9.17) is 14.2 Å². The Morgan fingerprint density at radius 1 is 0.381 bits per heavy atom. The summed E-state index contributed by atoms with van der Waals surface area (Å²) in [5.74, 6) is -0.694. The number of esters is 3. The monoisotopic (exact) mass is 597 g/mol. The molecule has 6 nitrogen and oxygen atoms in total. The number of hydrogen-bond donors (Lipinski definition) is 0. The summed E-state index contributed by atoms with van der Waals surface area (Å²) >= 11 is 0. The molecular formula is C36H68O6. The quantitative estimate of drug-likeness (QED) is 0.0450. The van der Waals surface area contributed by atoms with Gasteiger partial charge in [-0.15, -0.1) is 0 Å². The first-order valence-corrected chi connectivity index (χ1v) is 17.9. The maximum absolute atomic E-state index is 12.5. The van der Waals surface area contributed by atoms with E-state index in [1.807, 2.05) is 6.92 Å². The molecular weight excluding hydrogens is 528 g/mol. The minimum absolute atomic E-state index is 0.0915. The highest BCUT2D eigenvalue weighted by Gasteiger charge is 2.34. The van der Waals surface area contributed by atoms with E-state index in [0.29, 0.717) is 25.7 Å². The highest BCUT2D eigenvalue weighted by Crippen LogP contribution is 2.26. The predicted molar refractivity (Wildman–Crippen MR) is 173 cm³/mol. The summed E-state index contributed by atoms with van der Waals surface area (Å²) in [5, 5.41) is 0. The fourth-order valence-electron chi connectivity index (χ4n) is 5.03. The van der Waals surface area contributed by atoms with E-state index in [9.17, 15) is 14.4 Å². The maximum atomic E-state index is 12.5. The van der Waals surface area contributed by atoms with Crippen LogP contribution >= 0.6 is 0 Å². The highest BCUT2D eigenvalue weighted by molar-refractivity contribution is 5.70. The van der Waals surface area contributed by atoms with Gasteiger partial charge in [0, 0.05) is 19.3 Å². The van der Waals surface area contributed by atoms with Gasteiger partial charge in [-0.05, 0) is 25.7 Å². The Kier molecular flexibility index (Phi) is 28.4. The zero-order valence-corrected chi connectivity index (χ0v) is 28.2. The first-order valence-electron chi connectivity index (χ1n) is 17.9. The van der Waals surface area contributed by atoms with Crippen LogP contribution in [0.4, 0.5) is 0 Å². The molecule has 6 heteroatoms. The molecule has 0 bridgehead atoms. The summed E-state index contributed by atoms with van der Waals surface area (Å²) in [5.41, 5.74) is -0.721. The fraction of sp³-hybridized carbons (Fsp3) is 0.917. The molecule has 0 amide bonds. The van der Waals surface area contributed by atoms with Gasteiger partial charge in [-0.2, -0.15) is 0 Å². The number of rotatable bonds is 31.